The van der Waals surface area contributed by atoms with Gasteiger partial charge in [-0.15, -0.1) is 0 Å². The van der Waals surface area contributed by atoms with Crippen molar-refractivity contribution in [3.8, 4) is 0 Å². The van der Waals surface area contributed by atoms with Gasteiger partial charge in [0.05, 0.1) is 11.7 Å². The van der Waals surface area contributed by atoms with Gasteiger partial charge in [0.2, 0.25) is 0 Å². The molecule has 0 saturated carbocycles. The molecule has 0 aliphatic heterocycles. The molecule has 2 aromatic heterocycles. The van der Waals surface area contributed by atoms with Crippen molar-refractivity contribution in [2.45, 2.75) is 33.2 Å². The Bertz CT molecular complexity index is 836. The van der Waals surface area contributed by atoms with Gasteiger partial charge < -0.3 is 5.32 Å². The molecule has 1 unspecified atom stereocenters. The van der Waals surface area contributed by atoms with Crippen LogP contribution in [0.25, 0.3) is 5.65 Å². The van der Waals surface area contributed by atoms with E-state index in [2.05, 4.69) is 10.3 Å². The van der Waals surface area contributed by atoms with Crippen molar-refractivity contribution in [3.63, 3.8) is 0 Å². The lowest BCUT2D eigenvalue weighted by Gasteiger charge is -2.14. The Morgan fingerprint density at radius 1 is 1.26 bits per heavy atom. The van der Waals surface area contributed by atoms with Gasteiger partial charge in [0.25, 0.3) is 5.91 Å². The lowest BCUT2D eigenvalue weighted by Crippen LogP contribution is -2.28. The number of aromatic nitrogens is 2. The SMILES string of the molecule is CCc1nc2cc(C)ccn2c1C(=O)NC(C)c1ccccc1. The molecule has 4 heteroatoms. The lowest BCUT2D eigenvalue weighted by atomic mass is 10.1. The Balaban J connectivity index is 1.94. The van der Waals surface area contributed by atoms with Crippen LogP contribution in [-0.4, -0.2) is 15.3 Å². The van der Waals surface area contributed by atoms with Crippen molar-refractivity contribution in [1.29, 1.82) is 0 Å². The first-order valence-corrected chi connectivity index (χ1v) is 7.93. The standard InChI is InChI=1S/C19H21N3O/c1-4-16-18(22-11-10-13(2)12-17(22)21-16)19(23)20-14(3)15-8-6-5-7-9-15/h5-12,14H,4H2,1-3H3,(H,20,23). The maximum absolute atomic E-state index is 12.8. The van der Waals surface area contributed by atoms with Crippen LogP contribution < -0.4 is 5.32 Å². The summed E-state index contributed by atoms with van der Waals surface area (Å²) in [7, 11) is 0. The smallest absolute Gasteiger partial charge is 0.270 e. The van der Waals surface area contributed by atoms with Crippen LogP contribution in [0.4, 0.5) is 0 Å². The number of fused-ring (bicyclic) bond motifs is 1. The second-order valence-corrected chi connectivity index (χ2v) is 5.80. The molecule has 0 aliphatic rings. The molecule has 1 aromatic carbocycles. The Morgan fingerprint density at radius 3 is 2.70 bits per heavy atom. The van der Waals surface area contributed by atoms with E-state index in [0.717, 1.165) is 28.9 Å². The molecular formula is C19H21N3O. The minimum Gasteiger partial charge on any atom is -0.344 e. The fourth-order valence-electron chi connectivity index (χ4n) is 2.77. The predicted molar refractivity (Wildman–Crippen MR) is 91.6 cm³/mol. The highest BCUT2D eigenvalue weighted by Crippen LogP contribution is 2.17. The van der Waals surface area contributed by atoms with Gasteiger partial charge in [0.1, 0.15) is 11.3 Å². The Labute approximate surface area is 136 Å². The average Bonchev–Trinajstić information content (AvgIpc) is 2.93. The molecule has 4 nitrogen and oxygen atoms in total. The monoisotopic (exact) mass is 307 g/mol. The summed E-state index contributed by atoms with van der Waals surface area (Å²) >= 11 is 0. The van der Waals surface area contributed by atoms with Crippen LogP contribution in [0.5, 0.6) is 0 Å². The summed E-state index contributed by atoms with van der Waals surface area (Å²) in [6, 6.07) is 13.9. The van der Waals surface area contributed by atoms with E-state index < -0.39 is 0 Å². The normalized spacial score (nSPS) is 12.3. The second kappa shape index (κ2) is 6.24. The highest BCUT2D eigenvalue weighted by molar-refractivity contribution is 5.95. The van der Waals surface area contributed by atoms with Crippen LogP contribution in [0.15, 0.2) is 48.7 Å². The van der Waals surface area contributed by atoms with Gasteiger partial charge in [-0.3, -0.25) is 9.20 Å². The predicted octanol–water partition coefficient (Wildman–Crippen LogP) is 3.70. The zero-order chi connectivity index (χ0) is 16.4. The Morgan fingerprint density at radius 2 is 2.00 bits per heavy atom. The van der Waals surface area contributed by atoms with Gasteiger partial charge in [0.15, 0.2) is 0 Å². The van der Waals surface area contributed by atoms with E-state index in [0.29, 0.717) is 5.69 Å². The molecule has 0 bridgehead atoms. The van der Waals surface area contributed by atoms with Crippen LogP contribution in [0.3, 0.4) is 0 Å². The van der Waals surface area contributed by atoms with Crippen molar-refractivity contribution in [2.24, 2.45) is 0 Å². The molecule has 1 N–H and O–H groups in total. The number of aryl methyl sites for hydroxylation is 2. The topological polar surface area (TPSA) is 46.4 Å². The number of carbonyl (C=O) groups is 1. The second-order valence-electron chi connectivity index (χ2n) is 5.80. The number of carbonyl (C=O) groups excluding carboxylic acids is 1. The fourth-order valence-corrected chi connectivity index (χ4v) is 2.77. The number of benzene rings is 1. The third-order valence-corrected chi connectivity index (χ3v) is 4.05. The molecule has 0 saturated heterocycles. The summed E-state index contributed by atoms with van der Waals surface area (Å²) in [4.78, 5) is 17.4. The maximum Gasteiger partial charge on any atom is 0.270 e. The van der Waals surface area contributed by atoms with Crippen LogP contribution in [-0.2, 0) is 6.42 Å². The highest BCUT2D eigenvalue weighted by Gasteiger charge is 2.20. The van der Waals surface area contributed by atoms with Gasteiger partial charge in [-0.1, -0.05) is 37.3 Å². The lowest BCUT2D eigenvalue weighted by molar-refractivity contribution is 0.0933. The van der Waals surface area contributed by atoms with Gasteiger partial charge in [0, 0.05) is 6.20 Å². The van der Waals surface area contributed by atoms with Crippen molar-refractivity contribution in [1.82, 2.24) is 14.7 Å². The van der Waals surface area contributed by atoms with E-state index in [-0.39, 0.29) is 11.9 Å². The van der Waals surface area contributed by atoms with Crippen LogP contribution in [0.1, 0.15) is 47.2 Å². The third kappa shape index (κ3) is 2.97. The summed E-state index contributed by atoms with van der Waals surface area (Å²) in [5, 5.41) is 3.08. The molecule has 2 heterocycles. The molecule has 118 valence electrons. The first-order chi connectivity index (χ1) is 11.1. The number of hydrogen-bond acceptors (Lipinski definition) is 2. The molecule has 23 heavy (non-hydrogen) atoms. The third-order valence-electron chi connectivity index (χ3n) is 4.05. The van der Waals surface area contributed by atoms with Gasteiger partial charge >= 0.3 is 0 Å². The molecule has 3 aromatic rings. The minimum atomic E-state index is -0.0884. The Kier molecular flexibility index (Phi) is 4.15. The summed E-state index contributed by atoms with van der Waals surface area (Å²) in [5.41, 5.74) is 4.50. The van der Waals surface area contributed by atoms with E-state index in [4.69, 9.17) is 0 Å². The molecule has 0 radical (unpaired) electrons. The molecule has 3 rings (SSSR count). The zero-order valence-electron chi connectivity index (χ0n) is 13.7. The van der Waals surface area contributed by atoms with Crippen LogP contribution >= 0.6 is 0 Å². The van der Waals surface area contributed by atoms with E-state index >= 15 is 0 Å². The number of nitrogens with one attached hydrogen (secondary N) is 1. The summed E-state index contributed by atoms with van der Waals surface area (Å²) in [6.07, 6.45) is 2.64. The zero-order valence-corrected chi connectivity index (χ0v) is 13.7. The highest BCUT2D eigenvalue weighted by atomic mass is 16.2. The molecule has 0 aliphatic carbocycles. The van der Waals surface area contributed by atoms with Crippen molar-refractivity contribution < 1.29 is 4.79 Å². The number of rotatable bonds is 4. The van der Waals surface area contributed by atoms with Crippen molar-refractivity contribution in [3.05, 3.63) is 71.2 Å². The molecule has 1 atom stereocenters. The molecular weight excluding hydrogens is 286 g/mol. The van der Waals surface area contributed by atoms with Crippen LogP contribution in [0, 0.1) is 6.92 Å². The van der Waals surface area contributed by atoms with Crippen LogP contribution in [0.2, 0.25) is 0 Å². The summed E-state index contributed by atoms with van der Waals surface area (Å²) < 4.78 is 1.87. The minimum absolute atomic E-state index is 0.0515. The van der Waals surface area contributed by atoms with E-state index in [9.17, 15) is 4.79 Å². The number of nitrogens with zero attached hydrogens (tertiary/aromatic N) is 2. The van der Waals surface area contributed by atoms with E-state index in [1.165, 1.54) is 0 Å². The first kappa shape index (κ1) is 15.3. The first-order valence-electron chi connectivity index (χ1n) is 7.93. The molecule has 0 spiro atoms. The quantitative estimate of drug-likeness (QED) is 0.799. The fraction of sp³-hybridized carbons (Fsp3) is 0.263. The maximum atomic E-state index is 12.8. The molecule has 0 fully saturated rings. The summed E-state index contributed by atoms with van der Waals surface area (Å²) in [6.45, 7) is 6.04. The largest absolute Gasteiger partial charge is 0.344 e. The Hall–Kier alpha value is -2.62. The average molecular weight is 307 g/mol. The van der Waals surface area contributed by atoms with Crippen molar-refractivity contribution >= 4 is 11.6 Å². The molecule has 1 amide bonds. The summed E-state index contributed by atoms with van der Waals surface area (Å²) in [5.74, 6) is -0.0884. The number of amides is 1. The van der Waals surface area contributed by atoms with Gasteiger partial charge in [-0.2, -0.15) is 0 Å². The number of imidazole rings is 1. The van der Waals surface area contributed by atoms with Gasteiger partial charge in [-0.25, -0.2) is 4.98 Å². The van der Waals surface area contributed by atoms with E-state index in [1.54, 1.807) is 0 Å². The van der Waals surface area contributed by atoms with Gasteiger partial charge in [-0.05, 0) is 43.5 Å². The number of hydrogen-bond donors (Lipinski definition) is 1. The van der Waals surface area contributed by atoms with E-state index in [1.807, 2.05) is 73.8 Å². The van der Waals surface area contributed by atoms with Crippen molar-refractivity contribution in [2.75, 3.05) is 0 Å². The number of pyridine rings is 1.